The maximum absolute atomic E-state index is 13.1. The second-order valence-electron chi connectivity index (χ2n) is 6.27. The van der Waals surface area contributed by atoms with Crippen LogP contribution in [0.4, 0.5) is 8.78 Å². The van der Waals surface area contributed by atoms with Crippen LogP contribution in [0, 0.1) is 5.92 Å². The monoisotopic (exact) mass is 290 g/mol. The Morgan fingerprint density at radius 2 is 2.25 bits per heavy atom. The van der Waals surface area contributed by atoms with Gasteiger partial charge in [0.25, 0.3) is 0 Å². The van der Waals surface area contributed by atoms with E-state index in [9.17, 15) is 13.6 Å². The number of hydrogen-bond acceptors (Lipinski definition) is 4. The summed E-state index contributed by atoms with van der Waals surface area (Å²) in [6, 6.07) is 0.458. The predicted octanol–water partition coefficient (Wildman–Crippen LogP) is 1.65. The minimum absolute atomic E-state index is 0.430. The Balaban J connectivity index is 1.77. The topological polar surface area (TPSA) is 41.6 Å². The van der Waals surface area contributed by atoms with E-state index in [0.29, 0.717) is 18.5 Å². The van der Waals surface area contributed by atoms with Crippen LogP contribution in [0.15, 0.2) is 0 Å². The summed E-state index contributed by atoms with van der Waals surface area (Å²) >= 11 is 0. The molecule has 0 saturated carbocycles. The lowest BCUT2D eigenvalue weighted by Gasteiger charge is -2.34. The highest BCUT2D eigenvalue weighted by Crippen LogP contribution is 2.31. The van der Waals surface area contributed by atoms with Gasteiger partial charge in [0.05, 0.1) is 6.42 Å². The quantitative estimate of drug-likeness (QED) is 0.782. The second kappa shape index (κ2) is 6.35. The number of likely N-dealkylation sites (tertiary alicyclic amines) is 1. The van der Waals surface area contributed by atoms with Crippen molar-refractivity contribution >= 4 is 5.97 Å². The van der Waals surface area contributed by atoms with E-state index in [1.54, 1.807) is 0 Å². The molecule has 4 nitrogen and oxygen atoms in total. The molecule has 2 unspecified atom stereocenters. The van der Waals surface area contributed by atoms with Gasteiger partial charge in [0, 0.05) is 19.1 Å². The lowest BCUT2D eigenvalue weighted by molar-refractivity contribution is -0.159. The number of carbonyl (C=O) groups excluding carboxylic acids is 1. The molecule has 0 aromatic rings. The summed E-state index contributed by atoms with van der Waals surface area (Å²) < 4.78 is 31.0. The van der Waals surface area contributed by atoms with Crippen molar-refractivity contribution in [2.75, 3.05) is 26.2 Å². The van der Waals surface area contributed by atoms with Crippen LogP contribution in [0.5, 0.6) is 0 Å². The number of piperidine rings is 1. The van der Waals surface area contributed by atoms with Crippen molar-refractivity contribution < 1.29 is 18.3 Å². The molecule has 2 aliphatic rings. The zero-order chi connectivity index (χ0) is 14.8. The normalized spacial score (nSPS) is 30.8. The minimum Gasteiger partial charge on any atom is -0.456 e. The van der Waals surface area contributed by atoms with Crippen LogP contribution in [0.2, 0.25) is 0 Å². The van der Waals surface area contributed by atoms with Crippen molar-refractivity contribution in [3.8, 4) is 0 Å². The zero-order valence-corrected chi connectivity index (χ0v) is 12.2. The Bertz CT molecular complexity index is 350. The molecule has 0 aliphatic carbocycles. The zero-order valence-electron chi connectivity index (χ0n) is 12.2. The summed E-state index contributed by atoms with van der Waals surface area (Å²) in [7, 11) is 0. The van der Waals surface area contributed by atoms with E-state index in [-0.39, 0.29) is 0 Å². The first-order valence-electron chi connectivity index (χ1n) is 7.41. The highest BCUT2D eigenvalue weighted by molar-refractivity contribution is 5.79. The van der Waals surface area contributed by atoms with Crippen molar-refractivity contribution in [1.82, 2.24) is 10.2 Å². The first kappa shape index (κ1) is 15.6. The molecule has 116 valence electrons. The van der Waals surface area contributed by atoms with E-state index in [1.807, 2.05) is 0 Å². The van der Waals surface area contributed by atoms with Gasteiger partial charge in [-0.3, -0.25) is 4.90 Å². The summed E-state index contributed by atoms with van der Waals surface area (Å²) in [6.07, 6.45) is 1.10. The van der Waals surface area contributed by atoms with Crippen molar-refractivity contribution in [2.24, 2.45) is 5.92 Å². The van der Waals surface area contributed by atoms with E-state index in [1.165, 1.54) is 0 Å². The highest BCUT2D eigenvalue weighted by atomic mass is 19.3. The number of ether oxygens (including phenoxy) is 1. The van der Waals surface area contributed by atoms with Gasteiger partial charge in [0.2, 0.25) is 0 Å². The molecule has 0 aromatic heterocycles. The molecule has 0 bridgehead atoms. The average Bonchev–Trinajstić information content (AvgIpc) is 2.60. The summed E-state index contributed by atoms with van der Waals surface area (Å²) in [6.45, 7) is 7.40. The van der Waals surface area contributed by atoms with Crippen LogP contribution >= 0.6 is 0 Å². The van der Waals surface area contributed by atoms with Crippen LogP contribution in [0.1, 0.15) is 33.1 Å². The molecule has 2 saturated heterocycles. The molecule has 2 heterocycles. The van der Waals surface area contributed by atoms with Crippen LogP contribution in [-0.4, -0.2) is 55.1 Å². The fourth-order valence-corrected chi connectivity index (χ4v) is 2.92. The molecule has 0 aromatic carbocycles. The fourth-order valence-electron chi connectivity index (χ4n) is 2.92. The van der Waals surface area contributed by atoms with Gasteiger partial charge < -0.3 is 10.1 Å². The Kier molecular flexibility index (Phi) is 4.96. The highest BCUT2D eigenvalue weighted by Gasteiger charge is 2.51. The Morgan fingerprint density at radius 3 is 2.85 bits per heavy atom. The molecule has 2 aliphatic heterocycles. The number of alkyl halides is 2. The molecule has 2 rings (SSSR count). The van der Waals surface area contributed by atoms with E-state index in [2.05, 4.69) is 24.1 Å². The minimum atomic E-state index is -3.29. The van der Waals surface area contributed by atoms with Crippen molar-refractivity contribution in [3.63, 3.8) is 0 Å². The van der Waals surface area contributed by atoms with Gasteiger partial charge in [0.1, 0.15) is 6.10 Å². The SMILES string of the molecule is CC(C)NCC1CCCN(CC2CC(F)(F)C(=O)O2)C1. The number of rotatable bonds is 5. The van der Waals surface area contributed by atoms with Gasteiger partial charge in [-0.15, -0.1) is 0 Å². The molecule has 1 N–H and O–H groups in total. The molecule has 0 radical (unpaired) electrons. The van der Waals surface area contributed by atoms with Gasteiger partial charge in [-0.1, -0.05) is 13.8 Å². The Hall–Kier alpha value is -0.750. The number of esters is 1. The average molecular weight is 290 g/mol. The second-order valence-corrected chi connectivity index (χ2v) is 6.27. The number of nitrogens with zero attached hydrogens (tertiary/aromatic N) is 1. The molecule has 6 heteroatoms. The third-order valence-electron chi connectivity index (χ3n) is 3.94. The van der Waals surface area contributed by atoms with Crippen molar-refractivity contribution in [2.45, 2.75) is 51.2 Å². The Morgan fingerprint density at radius 1 is 1.50 bits per heavy atom. The Labute approximate surface area is 118 Å². The molecule has 0 amide bonds. The summed E-state index contributed by atoms with van der Waals surface area (Å²) in [5.41, 5.74) is 0. The standard InChI is InChI=1S/C14H24F2N2O2/c1-10(2)17-7-11-4-3-5-18(8-11)9-12-6-14(15,16)13(19)20-12/h10-12,17H,3-9H2,1-2H3. The largest absolute Gasteiger partial charge is 0.456 e. The van der Waals surface area contributed by atoms with Crippen LogP contribution in [0.3, 0.4) is 0 Å². The van der Waals surface area contributed by atoms with Crippen LogP contribution in [-0.2, 0) is 9.53 Å². The summed E-state index contributed by atoms with van der Waals surface area (Å²) in [5, 5.41) is 3.42. The number of halogens is 2. The van der Waals surface area contributed by atoms with E-state index < -0.39 is 24.4 Å². The third kappa shape index (κ3) is 4.12. The molecule has 20 heavy (non-hydrogen) atoms. The molecule has 2 fully saturated rings. The van der Waals surface area contributed by atoms with Gasteiger partial charge in [-0.2, -0.15) is 8.78 Å². The van der Waals surface area contributed by atoms with Crippen molar-refractivity contribution in [3.05, 3.63) is 0 Å². The van der Waals surface area contributed by atoms with Gasteiger partial charge in [0.15, 0.2) is 0 Å². The molecular formula is C14H24F2N2O2. The smallest absolute Gasteiger partial charge is 0.377 e. The molecule has 2 atom stereocenters. The van der Waals surface area contributed by atoms with Gasteiger partial charge in [-0.25, -0.2) is 4.79 Å². The van der Waals surface area contributed by atoms with Crippen LogP contribution in [0.25, 0.3) is 0 Å². The van der Waals surface area contributed by atoms with E-state index in [0.717, 1.165) is 32.5 Å². The van der Waals surface area contributed by atoms with Gasteiger partial charge in [-0.05, 0) is 31.8 Å². The predicted molar refractivity (Wildman–Crippen MR) is 71.7 cm³/mol. The number of carbonyl (C=O) groups is 1. The van der Waals surface area contributed by atoms with E-state index in [4.69, 9.17) is 4.74 Å². The fraction of sp³-hybridized carbons (Fsp3) is 0.929. The number of cyclic esters (lactones) is 1. The third-order valence-corrected chi connectivity index (χ3v) is 3.94. The lowest BCUT2D eigenvalue weighted by atomic mass is 9.97. The van der Waals surface area contributed by atoms with E-state index >= 15 is 0 Å². The van der Waals surface area contributed by atoms with Crippen molar-refractivity contribution in [1.29, 1.82) is 0 Å². The maximum Gasteiger partial charge on any atom is 0.377 e. The molecule has 0 spiro atoms. The first-order chi connectivity index (χ1) is 9.37. The van der Waals surface area contributed by atoms with Crippen LogP contribution < -0.4 is 5.32 Å². The number of hydrogen-bond donors (Lipinski definition) is 1. The summed E-state index contributed by atoms with van der Waals surface area (Å²) in [5.74, 6) is -4.11. The molecular weight excluding hydrogens is 266 g/mol. The summed E-state index contributed by atoms with van der Waals surface area (Å²) in [4.78, 5) is 13.1. The first-order valence-corrected chi connectivity index (χ1v) is 7.41. The van der Waals surface area contributed by atoms with Gasteiger partial charge >= 0.3 is 11.9 Å². The number of nitrogens with one attached hydrogen (secondary N) is 1. The maximum atomic E-state index is 13.1. The lowest BCUT2D eigenvalue weighted by Crippen LogP contribution is -2.43.